The number of hydrogen-bond acceptors (Lipinski definition) is 5. The zero-order valence-corrected chi connectivity index (χ0v) is 24.5. The third-order valence-corrected chi connectivity index (χ3v) is 13.8. The third kappa shape index (κ3) is 3.16. The molecular weight excluding hydrogens is 474 g/mol. The van der Waals surface area contributed by atoms with E-state index in [2.05, 4.69) is 80.5 Å². The standard InChI is InChI=1S/C31H47N5O2/c1-18-10-15-31(25(38)32-26-33-35-36-34-26)17-16-29(6)20(24(31)19(18)2)8-9-22-28(5)13-12-23(37)27(3,4)21(28)11-14-30(22,29)7/h8,18-19,21-22,24H,9-17H2,1-7H3,(H2,32,33,34,35,36,38)/t18-,19+,21+,22-,24+,28+,29-,30-,31+/m1/s1. The SMILES string of the molecule is C[C@H]1[C@H](C)CC[C@]2(C(=O)Nc3nn[nH]n3)CC[C@]3(C)C(=CC[C@@H]4[C@@]5(C)CCC(=O)C(C)(C)[C@@H]5CC[C@]43C)[C@H]12. The number of rotatable bonds is 2. The lowest BCUT2D eigenvalue weighted by Gasteiger charge is -2.71. The maximum absolute atomic E-state index is 14.1. The van der Waals surface area contributed by atoms with Gasteiger partial charge in [0.2, 0.25) is 5.91 Å². The molecule has 38 heavy (non-hydrogen) atoms. The Kier molecular flexibility index (Phi) is 5.67. The number of fused-ring (bicyclic) bond motifs is 7. The van der Waals surface area contributed by atoms with Crippen LogP contribution < -0.4 is 5.32 Å². The summed E-state index contributed by atoms with van der Waals surface area (Å²) in [6, 6.07) is 0. The van der Waals surface area contributed by atoms with Gasteiger partial charge < -0.3 is 0 Å². The zero-order chi connectivity index (χ0) is 27.3. The van der Waals surface area contributed by atoms with Crippen molar-refractivity contribution in [3.8, 4) is 0 Å². The molecule has 5 aliphatic rings. The number of H-pyrrole nitrogens is 1. The normalized spacial score (nSPS) is 47.6. The molecule has 6 rings (SSSR count). The van der Waals surface area contributed by atoms with E-state index in [-0.39, 0.29) is 39.4 Å². The molecule has 0 saturated heterocycles. The molecule has 0 aliphatic heterocycles. The van der Waals surface area contributed by atoms with Crippen LogP contribution >= 0.6 is 0 Å². The lowest BCUT2D eigenvalue weighted by atomic mass is 9.33. The molecule has 7 nitrogen and oxygen atoms in total. The highest BCUT2D eigenvalue weighted by atomic mass is 16.2. The second-order valence-electron chi connectivity index (χ2n) is 15.1. The molecule has 9 atom stereocenters. The van der Waals surface area contributed by atoms with Crippen molar-refractivity contribution in [1.82, 2.24) is 20.6 Å². The number of carbonyl (C=O) groups is 2. The summed E-state index contributed by atoms with van der Waals surface area (Å²) in [5, 5.41) is 17.2. The molecule has 0 bridgehead atoms. The molecule has 1 aromatic rings. The quantitative estimate of drug-likeness (QED) is 0.441. The molecule has 0 spiro atoms. The van der Waals surface area contributed by atoms with Gasteiger partial charge in [-0.15, -0.1) is 5.10 Å². The third-order valence-electron chi connectivity index (χ3n) is 13.8. The molecule has 0 radical (unpaired) electrons. The molecule has 7 heteroatoms. The van der Waals surface area contributed by atoms with E-state index in [9.17, 15) is 9.59 Å². The topological polar surface area (TPSA) is 101 Å². The first-order valence-electron chi connectivity index (χ1n) is 15.1. The van der Waals surface area contributed by atoms with Gasteiger partial charge in [-0.05, 0) is 102 Å². The number of Topliss-reactive ketones (excluding diaryl/α,β-unsaturated/α-hetero) is 1. The molecule has 0 aromatic carbocycles. The smallest absolute Gasteiger partial charge is 0.269 e. The van der Waals surface area contributed by atoms with Gasteiger partial charge in [-0.1, -0.05) is 65.2 Å². The maximum atomic E-state index is 14.1. The number of tetrazole rings is 1. The molecule has 4 fully saturated rings. The monoisotopic (exact) mass is 521 g/mol. The Labute approximate surface area is 227 Å². The van der Waals surface area contributed by atoms with Crippen molar-refractivity contribution < 1.29 is 9.59 Å². The predicted molar refractivity (Wildman–Crippen MR) is 147 cm³/mol. The van der Waals surface area contributed by atoms with Gasteiger partial charge in [0.25, 0.3) is 5.95 Å². The van der Waals surface area contributed by atoms with E-state index in [1.807, 2.05) is 0 Å². The predicted octanol–water partition coefficient (Wildman–Crippen LogP) is 6.36. The first kappa shape index (κ1) is 26.2. The van der Waals surface area contributed by atoms with Crippen LogP contribution in [-0.4, -0.2) is 32.3 Å². The van der Waals surface area contributed by atoms with Crippen molar-refractivity contribution in [3.05, 3.63) is 11.6 Å². The van der Waals surface area contributed by atoms with E-state index < -0.39 is 5.41 Å². The lowest BCUT2D eigenvalue weighted by Crippen LogP contribution is -2.65. The molecule has 2 N–H and O–H groups in total. The Morgan fingerprint density at radius 1 is 1.00 bits per heavy atom. The van der Waals surface area contributed by atoms with E-state index in [4.69, 9.17) is 0 Å². The van der Waals surface area contributed by atoms with Gasteiger partial charge in [0.05, 0.1) is 5.41 Å². The van der Waals surface area contributed by atoms with Crippen LogP contribution in [0.15, 0.2) is 11.6 Å². The summed E-state index contributed by atoms with van der Waals surface area (Å²) in [6.07, 6.45) is 11.6. The largest absolute Gasteiger partial charge is 0.299 e. The second kappa shape index (κ2) is 8.23. The van der Waals surface area contributed by atoms with E-state index in [0.717, 1.165) is 51.4 Å². The Morgan fingerprint density at radius 3 is 2.47 bits per heavy atom. The van der Waals surface area contributed by atoms with Crippen LogP contribution in [0, 0.1) is 56.7 Å². The van der Waals surface area contributed by atoms with Crippen LogP contribution in [0.1, 0.15) is 106 Å². The van der Waals surface area contributed by atoms with Crippen molar-refractivity contribution >= 4 is 17.6 Å². The van der Waals surface area contributed by atoms with Crippen LogP contribution in [0.2, 0.25) is 0 Å². The van der Waals surface area contributed by atoms with Crippen molar-refractivity contribution in [3.63, 3.8) is 0 Å². The molecule has 5 aliphatic carbocycles. The number of carbonyl (C=O) groups excluding carboxylic acids is 2. The summed E-state index contributed by atoms with van der Waals surface area (Å²) in [5.41, 5.74) is 1.28. The molecule has 208 valence electrons. The Bertz CT molecular complexity index is 1170. The number of hydrogen-bond donors (Lipinski definition) is 2. The minimum Gasteiger partial charge on any atom is -0.299 e. The van der Waals surface area contributed by atoms with Gasteiger partial charge in [-0.2, -0.15) is 5.21 Å². The average molecular weight is 522 g/mol. The average Bonchev–Trinajstić information content (AvgIpc) is 3.37. The number of aromatic nitrogens is 4. The number of anilines is 1. The highest BCUT2D eigenvalue weighted by molar-refractivity contribution is 5.94. The van der Waals surface area contributed by atoms with Gasteiger partial charge in [-0.3, -0.25) is 14.9 Å². The summed E-state index contributed by atoms with van der Waals surface area (Å²) in [7, 11) is 0. The minimum atomic E-state index is -0.429. The summed E-state index contributed by atoms with van der Waals surface area (Å²) < 4.78 is 0. The second-order valence-corrected chi connectivity index (χ2v) is 15.1. The number of nitrogens with zero attached hydrogens (tertiary/aromatic N) is 3. The fourth-order valence-corrected chi connectivity index (χ4v) is 11.1. The van der Waals surface area contributed by atoms with Gasteiger partial charge in [0, 0.05) is 11.8 Å². The zero-order valence-electron chi connectivity index (χ0n) is 24.5. The highest BCUT2D eigenvalue weighted by Crippen LogP contribution is 2.75. The van der Waals surface area contributed by atoms with Crippen LogP contribution in [0.5, 0.6) is 0 Å². The molecular formula is C31H47N5O2. The lowest BCUT2D eigenvalue weighted by molar-refractivity contribution is -0.186. The van der Waals surface area contributed by atoms with Crippen LogP contribution in [0.25, 0.3) is 0 Å². The molecule has 1 heterocycles. The van der Waals surface area contributed by atoms with Crippen molar-refractivity contribution in [2.75, 3.05) is 5.32 Å². The fourth-order valence-electron chi connectivity index (χ4n) is 11.1. The van der Waals surface area contributed by atoms with Gasteiger partial charge in [-0.25, -0.2) is 0 Å². The summed E-state index contributed by atoms with van der Waals surface area (Å²) in [5.74, 6) is 3.06. The summed E-state index contributed by atoms with van der Waals surface area (Å²) in [4.78, 5) is 27.1. The number of ketones is 1. The van der Waals surface area contributed by atoms with Crippen molar-refractivity contribution in [2.24, 2.45) is 56.7 Å². The Morgan fingerprint density at radius 2 is 1.76 bits per heavy atom. The molecule has 1 amide bonds. The maximum Gasteiger partial charge on any atom is 0.269 e. The van der Waals surface area contributed by atoms with Crippen molar-refractivity contribution in [1.29, 1.82) is 0 Å². The van der Waals surface area contributed by atoms with E-state index in [1.165, 1.54) is 6.42 Å². The van der Waals surface area contributed by atoms with E-state index >= 15 is 0 Å². The van der Waals surface area contributed by atoms with Gasteiger partial charge in [0.15, 0.2) is 0 Å². The molecule has 0 unspecified atom stereocenters. The Balaban J connectivity index is 1.42. The van der Waals surface area contributed by atoms with Crippen LogP contribution in [-0.2, 0) is 9.59 Å². The van der Waals surface area contributed by atoms with Crippen LogP contribution in [0.3, 0.4) is 0 Å². The van der Waals surface area contributed by atoms with Crippen molar-refractivity contribution in [2.45, 2.75) is 106 Å². The fraction of sp³-hybridized carbons (Fsp3) is 0.839. The Hall–Kier alpha value is -2.05. The van der Waals surface area contributed by atoms with E-state index in [1.54, 1.807) is 5.57 Å². The molecule has 4 saturated carbocycles. The van der Waals surface area contributed by atoms with Crippen LogP contribution in [0.4, 0.5) is 5.95 Å². The summed E-state index contributed by atoms with van der Waals surface area (Å²) >= 11 is 0. The first-order chi connectivity index (χ1) is 17.8. The minimum absolute atomic E-state index is 0.0569. The van der Waals surface area contributed by atoms with E-state index in [0.29, 0.717) is 29.5 Å². The number of aromatic amines is 1. The first-order valence-corrected chi connectivity index (χ1v) is 15.1. The number of amides is 1. The van der Waals surface area contributed by atoms with Gasteiger partial charge >= 0.3 is 0 Å². The number of nitrogens with one attached hydrogen (secondary N) is 2. The van der Waals surface area contributed by atoms with Gasteiger partial charge in [0.1, 0.15) is 5.78 Å². The number of allylic oxidation sites excluding steroid dienone is 2. The highest BCUT2D eigenvalue weighted by Gasteiger charge is 2.69. The summed E-state index contributed by atoms with van der Waals surface area (Å²) in [6.45, 7) is 16.8. The molecule has 1 aromatic heterocycles.